The van der Waals surface area contributed by atoms with E-state index in [1.54, 1.807) is 0 Å². The molecule has 0 spiro atoms. The molecular weight excluding hydrogens is 196 g/mol. The highest BCUT2D eigenvalue weighted by Gasteiger charge is 2.20. The number of nitrogens with one attached hydrogen (secondary N) is 1. The second-order valence-electron chi connectivity index (χ2n) is 3.72. The summed E-state index contributed by atoms with van der Waals surface area (Å²) >= 11 is 0. The van der Waals surface area contributed by atoms with Crippen molar-refractivity contribution in [2.45, 2.75) is 12.5 Å². The topological polar surface area (TPSA) is 64.6 Å². The molecular formula is C10H21N2O3. The van der Waals surface area contributed by atoms with Gasteiger partial charge in [0.1, 0.15) is 0 Å². The highest BCUT2D eigenvalue weighted by Crippen LogP contribution is 2.06. The van der Waals surface area contributed by atoms with E-state index in [9.17, 15) is 5.11 Å². The van der Waals surface area contributed by atoms with Crippen LogP contribution in [0, 0.1) is 0 Å². The summed E-state index contributed by atoms with van der Waals surface area (Å²) in [7, 11) is 0. The molecule has 1 radical (unpaired) electrons. The molecule has 0 aromatic heterocycles. The highest BCUT2D eigenvalue weighted by molar-refractivity contribution is 4.79. The molecule has 1 rings (SSSR count). The van der Waals surface area contributed by atoms with Crippen molar-refractivity contribution in [3.8, 4) is 0 Å². The number of piperazine rings is 1. The molecule has 0 saturated carbocycles. The molecule has 1 aliphatic heterocycles. The van der Waals surface area contributed by atoms with E-state index in [1.807, 2.05) is 0 Å². The Balaban J connectivity index is 2.17. The van der Waals surface area contributed by atoms with Crippen LogP contribution in [0.15, 0.2) is 0 Å². The predicted octanol–water partition coefficient (Wildman–Crippen LogP) is -0.910. The first-order chi connectivity index (χ1) is 7.38. The zero-order valence-corrected chi connectivity index (χ0v) is 9.15. The lowest BCUT2D eigenvalue weighted by molar-refractivity contribution is 0.0530. The van der Waals surface area contributed by atoms with E-state index < -0.39 is 0 Å². The van der Waals surface area contributed by atoms with Crippen LogP contribution in [0.25, 0.3) is 0 Å². The van der Waals surface area contributed by atoms with E-state index in [-0.39, 0.29) is 13.2 Å². The van der Waals surface area contributed by atoms with Crippen molar-refractivity contribution < 1.29 is 14.9 Å². The molecule has 1 aliphatic rings. The van der Waals surface area contributed by atoms with Gasteiger partial charge in [-0.25, -0.2) is 5.11 Å². The van der Waals surface area contributed by atoms with E-state index in [2.05, 4.69) is 10.2 Å². The van der Waals surface area contributed by atoms with Gasteiger partial charge in [-0.3, -0.25) is 4.90 Å². The average molecular weight is 217 g/mol. The first-order valence-electron chi connectivity index (χ1n) is 5.60. The maximum atomic E-state index is 10.6. The van der Waals surface area contributed by atoms with Crippen molar-refractivity contribution in [1.82, 2.24) is 10.2 Å². The van der Waals surface area contributed by atoms with Crippen molar-refractivity contribution in [2.24, 2.45) is 0 Å². The van der Waals surface area contributed by atoms with E-state index in [0.29, 0.717) is 25.8 Å². The molecule has 1 unspecified atom stereocenters. The summed E-state index contributed by atoms with van der Waals surface area (Å²) in [5.74, 6) is 0. The van der Waals surface area contributed by atoms with E-state index in [1.165, 1.54) is 0 Å². The van der Waals surface area contributed by atoms with Crippen LogP contribution in [-0.2, 0) is 9.84 Å². The Morgan fingerprint density at radius 2 is 2.33 bits per heavy atom. The number of hydrogen-bond donors (Lipinski definition) is 2. The van der Waals surface area contributed by atoms with Crippen LogP contribution >= 0.6 is 0 Å². The molecule has 0 aromatic rings. The van der Waals surface area contributed by atoms with Gasteiger partial charge in [-0.15, -0.1) is 0 Å². The lowest BCUT2D eigenvalue weighted by atomic mass is 10.1. The maximum absolute atomic E-state index is 10.6. The van der Waals surface area contributed by atoms with Gasteiger partial charge in [0, 0.05) is 38.8 Å². The second-order valence-corrected chi connectivity index (χ2v) is 3.72. The summed E-state index contributed by atoms with van der Waals surface area (Å²) in [6, 6.07) is 0.409. The molecule has 0 aromatic carbocycles. The van der Waals surface area contributed by atoms with Crippen LogP contribution in [0.2, 0.25) is 0 Å². The molecule has 0 aliphatic carbocycles. The van der Waals surface area contributed by atoms with Gasteiger partial charge in [0.2, 0.25) is 0 Å². The summed E-state index contributed by atoms with van der Waals surface area (Å²) in [6.07, 6.45) is 0.924. The zero-order chi connectivity index (χ0) is 10.9. The summed E-state index contributed by atoms with van der Waals surface area (Å²) in [5.41, 5.74) is 0. The molecule has 0 bridgehead atoms. The first kappa shape index (κ1) is 12.9. The number of nitrogens with zero attached hydrogens (tertiary/aromatic N) is 1. The van der Waals surface area contributed by atoms with Crippen LogP contribution in [0.1, 0.15) is 6.42 Å². The van der Waals surface area contributed by atoms with Crippen LogP contribution in [0.4, 0.5) is 0 Å². The smallest absolute Gasteiger partial charge is 0.0949 e. The van der Waals surface area contributed by atoms with E-state index >= 15 is 0 Å². The summed E-state index contributed by atoms with van der Waals surface area (Å²) in [5, 5.41) is 22.5. The largest absolute Gasteiger partial charge is 0.394 e. The number of aliphatic hydroxyl groups excluding tert-OH is 1. The number of aliphatic hydroxyl groups is 1. The zero-order valence-electron chi connectivity index (χ0n) is 9.15. The lowest BCUT2D eigenvalue weighted by Crippen LogP contribution is -2.52. The maximum Gasteiger partial charge on any atom is 0.0949 e. The monoisotopic (exact) mass is 217 g/mol. The average Bonchev–Trinajstić information content (AvgIpc) is 2.27. The van der Waals surface area contributed by atoms with Gasteiger partial charge in [0.25, 0.3) is 0 Å². The number of rotatable bonds is 7. The van der Waals surface area contributed by atoms with Gasteiger partial charge in [0.15, 0.2) is 0 Å². The van der Waals surface area contributed by atoms with Crippen molar-refractivity contribution in [1.29, 1.82) is 0 Å². The van der Waals surface area contributed by atoms with Gasteiger partial charge >= 0.3 is 0 Å². The standard InChI is InChI=1S/C10H21N2O3/c13-5-4-12-3-2-11-9-10(12)1-7-15-8-6-14/h10-11,14H,1-9H2. The molecule has 1 heterocycles. The van der Waals surface area contributed by atoms with Gasteiger partial charge in [-0.1, -0.05) is 0 Å². The molecule has 1 atom stereocenters. The third-order valence-corrected chi connectivity index (χ3v) is 2.68. The van der Waals surface area contributed by atoms with Gasteiger partial charge in [-0.05, 0) is 6.42 Å². The second kappa shape index (κ2) is 8.01. The van der Waals surface area contributed by atoms with Crippen LogP contribution in [-0.4, -0.2) is 68.7 Å². The normalized spacial score (nSPS) is 23.2. The Morgan fingerprint density at radius 3 is 3.07 bits per heavy atom. The fourth-order valence-corrected chi connectivity index (χ4v) is 1.89. The minimum atomic E-state index is -0.0337. The third kappa shape index (κ3) is 4.90. The molecule has 2 N–H and O–H groups in total. The molecule has 1 fully saturated rings. The highest BCUT2D eigenvalue weighted by atomic mass is 16.5. The fraction of sp³-hybridized carbons (Fsp3) is 1.00. The molecule has 1 saturated heterocycles. The van der Waals surface area contributed by atoms with Crippen LogP contribution < -0.4 is 5.32 Å². The SMILES string of the molecule is [O]CCN1CCNCC1CCOCCO. The first-order valence-corrected chi connectivity index (χ1v) is 5.60. The molecule has 5 nitrogen and oxygen atoms in total. The molecule has 89 valence electrons. The Hall–Kier alpha value is -0.200. The Morgan fingerprint density at radius 1 is 1.47 bits per heavy atom. The van der Waals surface area contributed by atoms with E-state index in [0.717, 1.165) is 26.1 Å². The number of ether oxygens (including phenoxy) is 1. The molecule has 15 heavy (non-hydrogen) atoms. The molecule has 0 amide bonds. The fourth-order valence-electron chi connectivity index (χ4n) is 1.89. The Labute approximate surface area is 91.0 Å². The quantitative estimate of drug-likeness (QED) is 0.542. The minimum Gasteiger partial charge on any atom is -0.394 e. The third-order valence-electron chi connectivity index (χ3n) is 2.68. The predicted molar refractivity (Wildman–Crippen MR) is 56.3 cm³/mol. The van der Waals surface area contributed by atoms with Gasteiger partial charge < -0.3 is 15.2 Å². The summed E-state index contributed by atoms with van der Waals surface area (Å²) in [4.78, 5) is 2.23. The van der Waals surface area contributed by atoms with Gasteiger partial charge in [0.05, 0.1) is 19.8 Å². The number of hydrogen-bond acceptors (Lipinski definition) is 4. The van der Waals surface area contributed by atoms with Gasteiger partial charge in [-0.2, -0.15) is 0 Å². The van der Waals surface area contributed by atoms with E-state index in [4.69, 9.17) is 9.84 Å². The molecule has 5 heteroatoms. The summed E-state index contributed by atoms with van der Waals surface area (Å²) in [6.45, 7) is 4.58. The van der Waals surface area contributed by atoms with Crippen molar-refractivity contribution in [3.63, 3.8) is 0 Å². The lowest BCUT2D eigenvalue weighted by Gasteiger charge is -2.35. The van der Waals surface area contributed by atoms with Crippen molar-refractivity contribution in [3.05, 3.63) is 0 Å². The Kier molecular flexibility index (Phi) is 6.87. The minimum absolute atomic E-state index is 0.0337. The van der Waals surface area contributed by atoms with Crippen molar-refractivity contribution in [2.75, 3.05) is 52.6 Å². The summed E-state index contributed by atoms with van der Waals surface area (Å²) < 4.78 is 5.23. The van der Waals surface area contributed by atoms with Crippen LogP contribution in [0.3, 0.4) is 0 Å². The van der Waals surface area contributed by atoms with Crippen LogP contribution in [0.5, 0.6) is 0 Å². The Bertz CT molecular complexity index is 156. The van der Waals surface area contributed by atoms with Crippen molar-refractivity contribution >= 4 is 0 Å².